The molecule has 4 nitrogen and oxygen atoms in total. The monoisotopic (exact) mass is 455 g/mol. The molecule has 5 heteroatoms. The highest BCUT2D eigenvalue weighted by Gasteiger charge is 2.34. The number of carbonyl (C=O) groups is 1. The van der Waals surface area contributed by atoms with Crippen LogP contribution in [0.15, 0.2) is 54.6 Å². The van der Waals surface area contributed by atoms with Crippen LogP contribution in [0.2, 0.25) is 0 Å². The second-order valence-corrected chi connectivity index (χ2v) is 9.38. The molecule has 3 aromatic carbocycles. The third-order valence-electron chi connectivity index (χ3n) is 7.00. The van der Waals surface area contributed by atoms with Gasteiger partial charge in [-0.25, -0.2) is 9.24 Å². The molecule has 0 saturated heterocycles. The fourth-order valence-electron chi connectivity index (χ4n) is 5.19. The number of fused-ring (bicyclic) bond motifs is 1. The molecule has 0 amide bonds. The largest absolute Gasteiger partial charge is 0.486 e. The highest BCUT2D eigenvalue weighted by Crippen LogP contribution is 2.47. The van der Waals surface area contributed by atoms with Crippen LogP contribution in [0.1, 0.15) is 60.0 Å². The van der Waals surface area contributed by atoms with Gasteiger partial charge in [0.2, 0.25) is 0 Å². The van der Waals surface area contributed by atoms with Crippen molar-refractivity contribution in [3.63, 3.8) is 0 Å². The van der Waals surface area contributed by atoms with E-state index in [4.69, 9.17) is 11.3 Å². The zero-order valence-electron chi connectivity index (χ0n) is 19.1. The zero-order chi connectivity index (χ0) is 23.8. The summed E-state index contributed by atoms with van der Waals surface area (Å²) in [5.41, 5.74) is 5.42. The standard InChI is InChI=1S/C29H26FNO3/c1-17-6-12-26(30)25(14-17)23-10-9-21-22(29(23)31-2)11-13-27(21)34-20-5-3-4-19(15-20)24(16-28(32)33)18-7-8-18/h3-6,9-10,12,14-15,18,24,27H,7-8,11,13,16H2,1H3,(H,32,33)/t24-,27+/m0/s1. The summed E-state index contributed by atoms with van der Waals surface area (Å²) in [5.74, 6) is 0.0484. The molecule has 2 aliphatic rings. The number of hydrogen-bond acceptors (Lipinski definition) is 2. The van der Waals surface area contributed by atoms with E-state index in [2.05, 4.69) is 4.85 Å². The maximum absolute atomic E-state index is 14.6. The van der Waals surface area contributed by atoms with Gasteiger partial charge in [0.15, 0.2) is 5.69 Å². The van der Waals surface area contributed by atoms with E-state index in [1.165, 1.54) is 6.07 Å². The minimum Gasteiger partial charge on any atom is -0.486 e. The summed E-state index contributed by atoms with van der Waals surface area (Å²) in [5, 5.41) is 9.34. The topological polar surface area (TPSA) is 50.9 Å². The first-order chi connectivity index (χ1) is 16.4. The maximum atomic E-state index is 14.6. The summed E-state index contributed by atoms with van der Waals surface area (Å²) >= 11 is 0. The van der Waals surface area contributed by atoms with E-state index in [-0.39, 0.29) is 24.3 Å². The minimum atomic E-state index is -0.777. The van der Waals surface area contributed by atoms with Gasteiger partial charge in [0.25, 0.3) is 0 Å². The molecule has 0 spiro atoms. The molecule has 172 valence electrons. The van der Waals surface area contributed by atoms with Crippen molar-refractivity contribution in [3.8, 4) is 16.9 Å². The predicted octanol–water partition coefficient (Wildman–Crippen LogP) is 7.39. The Balaban J connectivity index is 1.43. The molecule has 5 rings (SSSR count). The lowest BCUT2D eigenvalue weighted by Gasteiger charge is -2.19. The van der Waals surface area contributed by atoms with E-state index >= 15 is 0 Å². The Kier molecular flexibility index (Phi) is 5.83. The Morgan fingerprint density at radius 3 is 2.71 bits per heavy atom. The first-order valence-corrected chi connectivity index (χ1v) is 11.7. The number of carboxylic acid groups (broad SMARTS) is 1. The van der Waals surface area contributed by atoms with Crippen LogP contribution in [0.25, 0.3) is 16.0 Å². The van der Waals surface area contributed by atoms with Gasteiger partial charge >= 0.3 is 5.97 Å². The van der Waals surface area contributed by atoms with Crippen LogP contribution in [-0.4, -0.2) is 11.1 Å². The van der Waals surface area contributed by atoms with Gasteiger partial charge in [-0.05, 0) is 91.0 Å². The summed E-state index contributed by atoms with van der Waals surface area (Å²) in [6.45, 7) is 9.72. The molecule has 3 aromatic rings. The van der Waals surface area contributed by atoms with Gasteiger partial charge in [0.05, 0.1) is 13.0 Å². The lowest BCUT2D eigenvalue weighted by atomic mass is 9.91. The number of aliphatic carboxylic acids is 1. The Hall–Kier alpha value is -3.65. The molecule has 0 heterocycles. The first kappa shape index (κ1) is 22.2. The third-order valence-corrected chi connectivity index (χ3v) is 7.00. The molecule has 1 N–H and O–H groups in total. The lowest BCUT2D eigenvalue weighted by Crippen LogP contribution is -2.09. The number of halogens is 1. The highest BCUT2D eigenvalue weighted by molar-refractivity contribution is 5.83. The van der Waals surface area contributed by atoms with Crippen LogP contribution in [-0.2, 0) is 11.2 Å². The molecule has 0 radical (unpaired) electrons. The van der Waals surface area contributed by atoms with Crippen molar-refractivity contribution in [2.24, 2.45) is 5.92 Å². The molecule has 34 heavy (non-hydrogen) atoms. The van der Waals surface area contributed by atoms with Crippen molar-refractivity contribution in [2.45, 2.75) is 51.0 Å². The van der Waals surface area contributed by atoms with E-state index in [1.807, 2.05) is 43.3 Å². The Bertz CT molecular complexity index is 1310. The fraction of sp³-hybridized carbons (Fsp3) is 0.310. The minimum absolute atomic E-state index is 0.0115. The molecule has 0 aliphatic heterocycles. The van der Waals surface area contributed by atoms with Crippen LogP contribution in [0.3, 0.4) is 0 Å². The van der Waals surface area contributed by atoms with E-state index < -0.39 is 5.97 Å². The lowest BCUT2D eigenvalue weighted by molar-refractivity contribution is -0.137. The second kappa shape index (κ2) is 8.95. The van der Waals surface area contributed by atoms with Crippen LogP contribution in [0.4, 0.5) is 10.1 Å². The highest BCUT2D eigenvalue weighted by atomic mass is 19.1. The average molecular weight is 456 g/mol. The molecule has 2 atom stereocenters. The summed E-state index contributed by atoms with van der Waals surface area (Å²) in [6, 6.07) is 16.5. The Morgan fingerprint density at radius 1 is 1.15 bits per heavy atom. The van der Waals surface area contributed by atoms with Gasteiger partial charge in [-0.2, -0.15) is 0 Å². The van der Waals surface area contributed by atoms with Crippen LogP contribution < -0.4 is 4.74 Å². The van der Waals surface area contributed by atoms with Crippen LogP contribution in [0, 0.1) is 25.2 Å². The molecule has 0 bridgehead atoms. The zero-order valence-corrected chi connectivity index (χ0v) is 19.1. The summed E-state index contributed by atoms with van der Waals surface area (Å²) < 4.78 is 20.9. The molecule has 0 unspecified atom stereocenters. The fourth-order valence-corrected chi connectivity index (χ4v) is 5.19. The molecule has 0 aromatic heterocycles. The number of carboxylic acids is 1. The molecule has 2 aliphatic carbocycles. The van der Waals surface area contributed by atoms with E-state index in [1.54, 1.807) is 12.1 Å². The van der Waals surface area contributed by atoms with E-state index in [0.29, 0.717) is 34.9 Å². The molecule has 1 fully saturated rings. The number of rotatable bonds is 7. The quantitative estimate of drug-likeness (QED) is 0.378. The van der Waals surface area contributed by atoms with Crippen molar-refractivity contribution >= 4 is 11.7 Å². The number of benzene rings is 3. The van der Waals surface area contributed by atoms with Crippen molar-refractivity contribution in [2.75, 3.05) is 0 Å². The second-order valence-electron chi connectivity index (χ2n) is 9.38. The predicted molar refractivity (Wildman–Crippen MR) is 129 cm³/mol. The first-order valence-electron chi connectivity index (χ1n) is 11.7. The Morgan fingerprint density at radius 2 is 1.97 bits per heavy atom. The number of ether oxygens (including phenoxy) is 1. The summed E-state index contributed by atoms with van der Waals surface area (Å²) in [6.07, 6.45) is 3.52. The van der Waals surface area contributed by atoms with Crippen LogP contribution >= 0.6 is 0 Å². The summed E-state index contributed by atoms with van der Waals surface area (Å²) in [4.78, 5) is 15.2. The van der Waals surface area contributed by atoms with E-state index in [9.17, 15) is 14.3 Å². The van der Waals surface area contributed by atoms with Crippen LogP contribution in [0.5, 0.6) is 5.75 Å². The SMILES string of the molecule is [C-]#[N+]c1c(-c2cc(C)ccc2F)ccc2c1CC[C@H]2Oc1cccc([C@@H](CC(=O)O)C2CC2)c1. The third kappa shape index (κ3) is 4.28. The van der Waals surface area contributed by atoms with Gasteiger partial charge < -0.3 is 9.84 Å². The molecular weight excluding hydrogens is 429 g/mol. The molecule has 1 saturated carbocycles. The number of aryl methyl sites for hydroxylation is 1. The Labute approximate surface area is 198 Å². The van der Waals surface area contributed by atoms with Gasteiger partial charge in [0.1, 0.15) is 17.7 Å². The number of hydrogen-bond donors (Lipinski definition) is 1. The normalized spacial score (nSPS) is 17.6. The van der Waals surface area contributed by atoms with Gasteiger partial charge in [-0.15, -0.1) is 0 Å². The van der Waals surface area contributed by atoms with E-state index in [0.717, 1.165) is 41.5 Å². The smallest absolute Gasteiger partial charge is 0.303 e. The van der Waals surface area contributed by atoms with Crippen molar-refractivity contribution < 1.29 is 19.0 Å². The van der Waals surface area contributed by atoms with Crippen molar-refractivity contribution in [3.05, 3.63) is 94.1 Å². The summed E-state index contributed by atoms with van der Waals surface area (Å²) in [7, 11) is 0. The average Bonchev–Trinajstić information content (AvgIpc) is 3.59. The van der Waals surface area contributed by atoms with Gasteiger partial charge in [0, 0.05) is 5.56 Å². The maximum Gasteiger partial charge on any atom is 0.303 e. The van der Waals surface area contributed by atoms with Gasteiger partial charge in [-0.1, -0.05) is 35.9 Å². The van der Waals surface area contributed by atoms with Gasteiger partial charge in [-0.3, -0.25) is 4.79 Å². The molecular formula is C29H26FNO3. The number of nitrogens with zero attached hydrogens (tertiary/aromatic N) is 1. The van der Waals surface area contributed by atoms with Crippen molar-refractivity contribution in [1.82, 2.24) is 0 Å². The van der Waals surface area contributed by atoms with Crippen molar-refractivity contribution in [1.29, 1.82) is 0 Å².